The molecule has 2 heterocycles. The molecule has 0 saturated carbocycles. The van der Waals surface area contributed by atoms with E-state index >= 15 is 0 Å². The van der Waals surface area contributed by atoms with E-state index in [2.05, 4.69) is 5.32 Å². The first-order chi connectivity index (χ1) is 14.2. The number of thiophene rings is 1. The molecule has 2 aromatic rings. The molecule has 1 N–H and O–H groups in total. The lowest BCUT2D eigenvalue weighted by Crippen LogP contribution is -2.43. The second kappa shape index (κ2) is 9.32. The number of halogens is 1. The first kappa shape index (κ1) is 22.5. The Morgan fingerprint density at radius 2 is 2.03 bits per heavy atom. The van der Waals surface area contributed by atoms with Gasteiger partial charge in [-0.05, 0) is 19.4 Å². The number of carbonyl (C=O) groups is 3. The van der Waals surface area contributed by atoms with Crippen LogP contribution in [0, 0.1) is 0 Å². The van der Waals surface area contributed by atoms with Gasteiger partial charge in [0, 0.05) is 22.7 Å². The zero-order valence-electron chi connectivity index (χ0n) is 16.2. The van der Waals surface area contributed by atoms with E-state index in [1.54, 1.807) is 13.0 Å². The molecule has 0 radical (unpaired) electrons. The van der Waals surface area contributed by atoms with E-state index in [4.69, 9.17) is 16.3 Å². The van der Waals surface area contributed by atoms with Crippen LogP contribution in [0.15, 0.2) is 24.3 Å². The van der Waals surface area contributed by atoms with Crippen LogP contribution in [0.3, 0.4) is 0 Å². The number of esters is 1. The van der Waals surface area contributed by atoms with Gasteiger partial charge in [-0.25, -0.2) is 8.42 Å². The minimum absolute atomic E-state index is 0.0492. The summed E-state index contributed by atoms with van der Waals surface area (Å²) in [5.74, 6) is -1.77. The molecule has 1 saturated heterocycles. The number of nitrogens with one attached hydrogen (secondary N) is 1. The number of fused-ring (bicyclic) bond motifs is 1. The Morgan fingerprint density at radius 1 is 1.30 bits per heavy atom. The summed E-state index contributed by atoms with van der Waals surface area (Å²) >= 11 is 7.46. The molecule has 1 atom stereocenters. The van der Waals surface area contributed by atoms with Crippen LogP contribution in [-0.2, 0) is 24.2 Å². The summed E-state index contributed by atoms with van der Waals surface area (Å²) < 4.78 is 29.1. The molecule has 1 aromatic heterocycles. The van der Waals surface area contributed by atoms with E-state index in [1.165, 1.54) is 16.2 Å². The number of nitrogens with zero attached hydrogens (tertiary/aromatic N) is 1. The van der Waals surface area contributed by atoms with Gasteiger partial charge in [0.2, 0.25) is 0 Å². The molecule has 0 bridgehead atoms. The summed E-state index contributed by atoms with van der Waals surface area (Å²) in [6.07, 6.45) is 0.377. The van der Waals surface area contributed by atoms with Crippen LogP contribution in [-0.4, -0.2) is 68.3 Å². The van der Waals surface area contributed by atoms with Crippen LogP contribution < -0.4 is 5.32 Å². The second-order valence-corrected chi connectivity index (χ2v) is 10.5. The van der Waals surface area contributed by atoms with Gasteiger partial charge in [0.1, 0.15) is 11.4 Å². The van der Waals surface area contributed by atoms with Crippen LogP contribution in [0.1, 0.15) is 23.0 Å². The molecular formula is C19H21ClN2O6S2. The molecule has 1 fully saturated rings. The normalized spacial score (nSPS) is 17.6. The van der Waals surface area contributed by atoms with E-state index in [9.17, 15) is 22.8 Å². The third-order valence-electron chi connectivity index (χ3n) is 4.80. The maximum atomic E-state index is 12.3. The van der Waals surface area contributed by atoms with Crippen molar-refractivity contribution in [3.63, 3.8) is 0 Å². The summed E-state index contributed by atoms with van der Waals surface area (Å²) in [5, 5.41) is 3.52. The standard InChI is InChI=1S/C19H21ClN2O6S2/c1-2-22(12-7-8-30(26,27)11-12)15(23)10-28-16(24)9-21-19(25)18-17(20)13-5-3-4-6-14(13)29-18/h3-6,12H,2,7-11H2,1H3,(H,21,25)/t12-/m1/s1. The number of hydrogen-bond acceptors (Lipinski definition) is 7. The van der Waals surface area contributed by atoms with Gasteiger partial charge in [0.05, 0.1) is 16.5 Å². The predicted molar refractivity (Wildman–Crippen MR) is 115 cm³/mol. The first-order valence-corrected chi connectivity index (χ1v) is 12.3. The topological polar surface area (TPSA) is 110 Å². The van der Waals surface area contributed by atoms with Crippen LogP contribution in [0.4, 0.5) is 0 Å². The maximum absolute atomic E-state index is 12.3. The number of rotatable bonds is 7. The van der Waals surface area contributed by atoms with Crippen LogP contribution >= 0.6 is 22.9 Å². The lowest BCUT2D eigenvalue weighted by molar-refractivity contribution is -0.151. The smallest absolute Gasteiger partial charge is 0.325 e. The van der Waals surface area contributed by atoms with Crippen molar-refractivity contribution < 1.29 is 27.5 Å². The van der Waals surface area contributed by atoms with Crippen molar-refractivity contribution in [2.45, 2.75) is 19.4 Å². The fourth-order valence-corrected chi connectivity index (χ4v) is 6.49. The Hall–Kier alpha value is -2.17. The number of sulfone groups is 1. The lowest BCUT2D eigenvalue weighted by Gasteiger charge is -2.26. The van der Waals surface area contributed by atoms with Crippen LogP contribution in [0.2, 0.25) is 5.02 Å². The van der Waals surface area contributed by atoms with E-state index in [1.807, 2.05) is 18.2 Å². The summed E-state index contributed by atoms with van der Waals surface area (Å²) in [5.41, 5.74) is 0. The van der Waals surface area contributed by atoms with E-state index < -0.39 is 46.8 Å². The Bertz CT molecular complexity index is 1080. The average Bonchev–Trinajstić information content (AvgIpc) is 3.24. The number of benzene rings is 1. The molecule has 3 rings (SSSR count). The summed E-state index contributed by atoms with van der Waals surface area (Å²) in [6, 6.07) is 6.90. The van der Waals surface area contributed by atoms with E-state index in [-0.39, 0.29) is 11.5 Å². The Balaban J connectivity index is 1.50. The molecule has 2 amide bonds. The van der Waals surface area contributed by atoms with Gasteiger partial charge in [0.15, 0.2) is 16.4 Å². The molecule has 0 spiro atoms. The number of amides is 2. The third kappa shape index (κ3) is 5.11. The summed E-state index contributed by atoms with van der Waals surface area (Å²) in [7, 11) is -3.13. The van der Waals surface area contributed by atoms with Gasteiger partial charge in [0.25, 0.3) is 11.8 Å². The predicted octanol–water partition coefficient (Wildman–Crippen LogP) is 1.86. The van der Waals surface area contributed by atoms with Gasteiger partial charge in [-0.15, -0.1) is 11.3 Å². The molecule has 1 aliphatic rings. The molecule has 0 unspecified atom stereocenters. The third-order valence-corrected chi connectivity index (χ3v) is 8.23. The van der Waals surface area contributed by atoms with Gasteiger partial charge in [-0.1, -0.05) is 29.8 Å². The van der Waals surface area contributed by atoms with Crippen molar-refractivity contribution >= 4 is 60.6 Å². The largest absolute Gasteiger partial charge is 0.454 e. The monoisotopic (exact) mass is 472 g/mol. The van der Waals surface area contributed by atoms with Crippen molar-refractivity contribution in [2.75, 3.05) is 31.2 Å². The second-order valence-electron chi connectivity index (χ2n) is 6.82. The molecule has 1 aromatic carbocycles. The summed E-state index contributed by atoms with van der Waals surface area (Å²) in [4.78, 5) is 38.3. The molecular weight excluding hydrogens is 452 g/mol. The minimum atomic E-state index is -3.13. The fourth-order valence-electron chi connectivity index (χ4n) is 3.33. The Labute approximate surface area is 183 Å². The van der Waals surface area contributed by atoms with Crippen molar-refractivity contribution in [3.8, 4) is 0 Å². The van der Waals surface area contributed by atoms with Crippen molar-refractivity contribution in [1.82, 2.24) is 10.2 Å². The number of carbonyl (C=O) groups excluding carboxylic acids is 3. The maximum Gasteiger partial charge on any atom is 0.325 e. The van der Waals surface area contributed by atoms with Gasteiger partial charge in [-0.3, -0.25) is 14.4 Å². The van der Waals surface area contributed by atoms with Crippen molar-refractivity contribution in [1.29, 1.82) is 0 Å². The fraction of sp³-hybridized carbons (Fsp3) is 0.421. The van der Waals surface area contributed by atoms with Gasteiger partial charge >= 0.3 is 5.97 Å². The number of likely N-dealkylation sites (N-methyl/N-ethyl adjacent to an activating group) is 1. The van der Waals surface area contributed by atoms with E-state index in [0.717, 1.165) is 10.1 Å². The number of ether oxygens (including phenoxy) is 1. The minimum Gasteiger partial charge on any atom is -0.454 e. The molecule has 0 aliphatic carbocycles. The number of hydrogen-bond donors (Lipinski definition) is 1. The molecule has 8 nitrogen and oxygen atoms in total. The van der Waals surface area contributed by atoms with Gasteiger partial charge in [-0.2, -0.15) is 0 Å². The van der Waals surface area contributed by atoms with Crippen molar-refractivity contribution in [2.24, 2.45) is 0 Å². The highest BCUT2D eigenvalue weighted by atomic mass is 35.5. The van der Waals surface area contributed by atoms with Crippen LogP contribution in [0.25, 0.3) is 10.1 Å². The molecule has 11 heteroatoms. The summed E-state index contributed by atoms with van der Waals surface area (Å²) in [6.45, 7) is 1.13. The highest BCUT2D eigenvalue weighted by Crippen LogP contribution is 2.34. The Morgan fingerprint density at radius 3 is 2.67 bits per heavy atom. The Kier molecular flexibility index (Phi) is 6.99. The van der Waals surface area contributed by atoms with Gasteiger partial charge < -0.3 is 15.0 Å². The first-order valence-electron chi connectivity index (χ1n) is 9.32. The molecule has 30 heavy (non-hydrogen) atoms. The van der Waals surface area contributed by atoms with Crippen molar-refractivity contribution in [3.05, 3.63) is 34.2 Å². The average molecular weight is 473 g/mol. The zero-order valence-corrected chi connectivity index (χ0v) is 18.6. The highest BCUT2D eigenvalue weighted by Gasteiger charge is 2.34. The lowest BCUT2D eigenvalue weighted by atomic mass is 10.2. The van der Waals surface area contributed by atoms with E-state index in [0.29, 0.717) is 22.9 Å². The molecule has 162 valence electrons. The molecule has 1 aliphatic heterocycles. The van der Waals surface area contributed by atoms with Crippen LogP contribution in [0.5, 0.6) is 0 Å². The zero-order chi connectivity index (χ0) is 21.9. The highest BCUT2D eigenvalue weighted by molar-refractivity contribution is 7.91. The quantitative estimate of drug-likeness (QED) is 0.616. The SMILES string of the molecule is CCN(C(=O)COC(=O)CNC(=O)c1sc2ccccc2c1Cl)[C@@H]1CCS(=O)(=O)C1.